The van der Waals surface area contributed by atoms with Crippen molar-refractivity contribution >= 4 is 11.3 Å². The summed E-state index contributed by atoms with van der Waals surface area (Å²) in [4.78, 5) is 2.78. The molecule has 0 bridgehead atoms. The Labute approximate surface area is 119 Å². The maximum Gasteiger partial charge on any atom is 0.0670 e. The van der Waals surface area contributed by atoms with E-state index in [1.165, 1.54) is 15.3 Å². The highest BCUT2D eigenvalue weighted by atomic mass is 32.1. The summed E-state index contributed by atoms with van der Waals surface area (Å²) in [5.41, 5.74) is 2.61. The maximum atomic E-state index is 4.45. The minimum Gasteiger partial charge on any atom is -0.307 e. The number of rotatable bonds is 4. The molecule has 19 heavy (non-hydrogen) atoms. The van der Waals surface area contributed by atoms with Crippen LogP contribution in [-0.4, -0.2) is 15.3 Å². The lowest BCUT2D eigenvalue weighted by atomic mass is 10.1. The molecule has 0 spiro atoms. The molecule has 0 aliphatic carbocycles. The first-order valence-electron chi connectivity index (χ1n) is 6.67. The van der Waals surface area contributed by atoms with Crippen LogP contribution in [0, 0.1) is 13.8 Å². The molecular weight excluding hydrogens is 254 g/mol. The van der Waals surface area contributed by atoms with Crippen LogP contribution in [0.25, 0.3) is 0 Å². The van der Waals surface area contributed by atoms with Crippen LogP contribution in [0.4, 0.5) is 0 Å². The van der Waals surface area contributed by atoms with Gasteiger partial charge in [0.1, 0.15) is 0 Å². The zero-order valence-electron chi connectivity index (χ0n) is 12.4. The molecule has 0 aliphatic rings. The van der Waals surface area contributed by atoms with Gasteiger partial charge in [0.05, 0.1) is 12.2 Å². The fourth-order valence-electron chi connectivity index (χ4n) is 1.91. The predicted molar refractivity (Wildman–Crippen MR) is 81.7 cm³/mol. The summed E-state index contributed by atoms with van der Waals surface area (Å²) in [6.07, 6.45) is 2.04. The maximum absolute atomic E-state index is 4.45. The quantitative estimate of drug-likeness (QED) is 0.927. The number of nitrogens with one attached hydrogen (secondary N) is 1. The molecule has 3 nitrogen and oxygen atoms in total. The average Bonchev–Trinajstić information content (AvgIpc) is 2.83. The van der Waals surface area contributed by atoms with E-state index >= 15 is 0 Å². The zero-order valence-corrected chi connectivity index (χ0v) is 13.3. The van der Waals surface area contributed by atoms with Crippen LogP contribution in [-0.2, 0) is 13.1 Å². The molecule has 2 rings (SSSR count). The number of aromatic nitrogens is 2. The van der Waals surface area contributed by atoms with Crippen LogP contribution in [0.1, 0.15) is 41.8 Å². The van der Waals surface area contributed by atoms with Crippen LogP contribution >= 0.6 is 11.3 Å². The number of thiophene rings is 1. The summed E-state index contributed by atoms with van der Waals surface area (Å²) < 4.78 is 2.01. The van der Waals surface area contributed by atoms with Gasteiger partial charge in [-0.25, -0.2) is 0 Å². The van der Waals surface area contributed by atoms with E-state index in [2.05, 4.69) is 44.2 Å². The molecule has 104 valence electrons. The largest absolute Gasteiger partial charge is 0.307 e. The van der Waals surface area contributed by atoms with Gasteiger partial charge in [-0.1, -0.05) is 0 Å². The summed E-state index contributed by atoms with van der Waals surface area (Å²) in [5.74, 6) is 0. The van der Waals surface area contributed by atoms with E-state index in [0.29, 0.717) is 0 Å². The van der Waals surface area contributed by atoms with Gasteiger partial charge in [0.2, 0.25) is 0 Å². The highest BCUT2D eigenvalue weighted by molar-refractivity contribution is 7.12. The van der Waals surface area contributed by atoms with Crippen molar-refractivity contribution in [3.8, 4) is 0 Å². The average molecular weight is 277 g/mol. The second kappa shape index (κ2) is 5.47. The van der Waals surface area contributed by atoms with E-state index in [9.17, 15) is 0 Å². The lowest BCUT2D eigenvalue weighted by molar-refractivity contribution is 0.426. The van der Waals surface area contributed by atoms with Gasteiger partial charge >= 0.3 is 0 Å². The lowest BCUT2D eigenvalue weighted by Gasteiger charge is -2.19. The summed E-state index contributed by atoms with van der Waals surface area (Å²) in [7, 11) is 0. The van der Waals surface area contributed by atoms with Gasteiger partial charge in [-0.05, 0) is 52.3 Å². The third-order valence-electron chi connectivity index (χ3n) is 2.97. The molecule has 0 fully saturated rings. The molecule has 0 saturated carbocycles. The van der Waals surface area contributed by atoms with Crippen molar-refractivity contribution in [2.75, 3.05) is 0 Å². The molecule has 0 aliphatic heterocycles. The minimum absolute atomic E-state index is 0.164. The molecule has 2 aromatic rings. The second-order valence-electron chi connectivity index (χ2n) is 6.05. The Morgan fingerprint density at radius 3 is 2.63 bits per heavy atom. The molecular formula is C15H23N3S. The fraction of sp³-hybridized carbons (Fsp3) is 0.533. The zero-order chi connectivity index (χ0) is 14.0. The summed E-state index contributed by atoms with van der Waals surface area (Å²) in [5, 5.41) is 7.98. The molecule has 0 radical (unpaired) electrons. The normalized spacial score (nSPS) is 12.1. The number of hydrogen-bond donors (Lipinski definition) is 1. The number of hydrogen-bond acceptors (Lipinski definition) is 3. The van der Waals surface area contributed by atoms with E-state index < -0.39 is 0 Å². The molecule has 0 aromatic carbocycles. The monoisotopic (exact) mass is 277 g/mol. The van der Waals surface area contributed by atoms with Crippen LogP contribution in [0.3, 0.4) is 0 Å². The molecule has 0 amide bonds. The lowest BCUT2D eigenvalue weighted by Crippen LogP contribution is -2.34. The predicted octanol–water partition coefficient (Wildman–Crippen LogP) is 3.50. The van der Waals surface area contributed by atoms with Crippen molar-refractivity contribution < 1.29 is 0 Å². The van der Waals surface area contributed by atoms with E-state index in [-0.39, 0.29) is 5.54 Å². The first-order valence-corrected chi connectivity index (χ1v) is 7.48. The van der Waals surface area contributed by atoms with Crippen molar-refractivity contribution in [2.45, 2.75) is 53.2 Å². The minimum atomic E-state index is 0.164. The van der Waals surface area contributed by atoms with Gasteiger partial charge < -0.3 is 5.32 Å². The second-order valence-corrected chi connectivity index (χ2v) is 7.39. The number of aryl methyl sites for hydroxylation is 2. The van der Waals surface area contributed by atoms with Gasteiger partial charge in [-0.15, -0.1) is 11.3 Å². The standard InChI is InChI=1S/C15H23N3S/c1-11-6-7-18(17-11)10-13-8-14(19-12(13)2)9-16-15(3,4)5/h6-8,16H,9-10H2,1-5H3. The molecule has 0 saturated heterocycles. The van der Waals surface area contributed by atoms with Crippen molar-refractivity contribution in [3.05, 3.63) is 39.3 Å². The Hall–Kier alpha value is -1.13. The van der Waals surface area contributed by atoms with Crippen molar-refractivity contribution in [1.82, 2.24) is 15.1 Å². The van der Waals surface area contributed by atoms with Gasteiger partial charge in [0, 0.05) is 28.0 Å². The van der Waals surface area contributed by atoms with Gasteiger partial charge in [0.25, 0.3) is 0 Å². The Morgan fingerprint density at radius 2 is 2.05 bits per heavy atom. The van der Waals surface area contributed by atoms with Crippen LogP contribution in [0.15, 0.2) is 18.3 Å². The smallest absolute Gasteiger partial charge is 0.0670 e. The molecule has 2 aromatic heterocycles. The fourth-order valence-corrected chi connectivity index (χ4v) is 2.90. The number of nitrogens with zero attached hydrogens (tertiary/aromatic N) is 2. The van der Waals surface area contributed by atoms with Crippen LogP contribution < -0.4 is 5.32 Å². The Morgan fingerprint density at radius 1 is 1.32 bits per heavy atom. The van der Waals surface area contributed by atoms with Gasteiger partial charge in [-0.2, -0.15) is 5.10 Å². The Balaban J connectivity index is 2.04. The summed E-state index contributed by atoms with van der Waals surface area (Å²) in [6, 6.07) is 4.35. The van der Waals surface area contributed by atoms with E-state index in [4.69, 9.17) is 0 Å². The van der Waals surface area contributed by atoms with Gasteiger partial charge in [-0.3, -0.25) is 4.68 Å². The SMILES string of the molecule is Cc1ccn(Cc2cc(CNC(C)(C)C)sc2C)n1. The van der Waals surface area contributed by atoms with Gasteiger partial charge in [0.15, 0.2) is 0 Å². The Bertz CT molecular complexity index is 546. The molecule has 0 unspecified atom stereocenters. The third kappa shape index (κ3) is 4.18. The highest BCUT2D eigenvalue weighted by Crippen LogP contribution is 2.23. The van der Waals surface area contributed by atoms with E-state index in [0.717, 1.165) is 18.8 Å². The van der Waals surface area contributed by atoms with E-state index in [1.807, 2.05) is 35.2 Å². The Kier molecular flexibility index (Phi) is 4.11. The summed E-state index contributed by atoms with van der Waals surface area (Å²) >= 11 is 1.88. The molecule has 2 heterocycles. The topological polar surface area (TPSA) is 29.9 Å². The van der Waals surface area contributed by atoms with Crippen molar-refractivity contribution in [1.29, 1.82) is 0 Å². The molecule has 1 N–H and O–H groups in total. The first kappa shape index (κ1) is 14.3. The first-order chi connectivity index (χ1) is 8.83. The third-order valence-corrected chi connectivity index (χ3v) is 4.06. The summed E-state index contributed by atoms with van der Waals surface area (Å²) in [6.45, 7) is 12.6. The van der Waals surface area contributed by atoms with Crippen LogP contribution in [0.5, 0.6) is 0 Å². The van der Waals surface area contributed by atoms with Crippen molar-refractivity contribution in [2.24, 2.45) is 0 Å². The molecule has 0 atom stereocenters. The molecule has 4 heteroatoms. The van der Waals surface area contributed by atoms with Crippen LogP contribution in [0.2, 0.25) is 0 Å². The highest BCUT2D eigenvalue weighted by Gasteiger charge is 2.11. The van der Waals surface area contributed by atoms with Crippen molar-refractivity contribution in [3.63, 3.8) is 0 Å². The van der Waals surface area contributed by atoms with E-state index in [1.54, 1.807) is 0 Å².